The van der Waals surface area contributed by atoms with Gasteiger partial charge in [0.05, 0.1) is 39.4 Å². The number of aromatic hydroxyl groups is 2. The van der Waals surface area contributed by atoms with Crippen molar-refractivity contribution in [3.05, 3.63) is 66.2 Å². The van der Waals surface area contributed by atoms with Gasteiger partial charge < -0.3 is 15.9 Å². The summed E-state index contributed by atoms with van der Waals surface area (Å²) < 4.78 is 73.7. The van der Waals surface area contributed by atoms with Gasteiger partial charge in [-0.15, -0.1) is 14.6 Å². The zero-order valence-corrected chi connectivity index (χ0v) is 27.4. The molecule has 0 aromatic heterocycles. The molecule has 49 heavy (non-hydrogen) atoms. The third-order valence-corrected chi connectivity index (χ3v) is 9.37. The molecule has 0 saturated heterocycles. The van der Waals surface area contributed by atoms with Crippen molar-refractivity contribution < 1.29 is 50.8 Å². The molecule has 0 atom stereocenters. The van der Waals surface area contributed by atoms with Crippen LogP contribution in [0.1, 0.15) is 5.56 Å². The van der Waals surface area contributed by atoms with Crippen LogP contribution in [-0.2, 0) is 29.6 Å². The van der Waals surface area contributed by atoms with Crippen molar-refractivity contribution in [2.75, 3.05) is 12.8 Å². The van der Waals surface area contributed by atoms with E-state index in [-0.39, 0.29) is 54.8 Å². The lowest BCUT2D eigenvalue weighted by atomic mass is 10.0. The van der Waals surface area contributed by atoms with E-state index in [1.165, 1.54) is 26.1 Å². The van der Waals surface area contributed by atoms with Crippen molar-refractivity contribution in [2.45, 2.75) is 21.6 Å². The topological polar surface area (TPSA) is 288 Å². The average Bonchev–Trinajstić information content (AvgIpc) is 3.04. The van der Waals surface area contributed by atoms with Crippen LogP contribution in [0.3, 0.4) is 0 Å². The molecule has 0 bridgehead atoms. The Bertz CT molecular complexity index is 2440. The fraction of sp³-hybridized carbons (Fsp3) is 0.0714. The van der Waals surface area contributed by atoms with Gasteiger partial charge in [0, 0.05) is 17.8 Å². The van der Waals surface area contributed by atoms with Crippen LogP contribution in [0, 0.1) is 6.92 Å². The van der Waals surface area contributed by atoms with Crippen molar-refractivity contribution in [1.82, 2.24) is 0 Å². The van der Waals surface area contributed by atoms with Gasteiger partial charge in [-0.3, -0.25) is 9.11 Å². The third-order valence-electron chi connectivity index (χ3n) is 6.99. The van der Waals surface area contributed by atoms with Gasteiger partial charge in [-0.25, -0.2) is 5.26 Å². The van der Waals surface area contributed by atoms with E-state index in [9.17, 15) is 36.2 Å². The number of benzene rings is 5. The molecule has 0 aliphatic rings. The van der Waals surface area contributed by atoms with Gasteiger partial charge in [-0.1, -0.05) is 23.2 Å². The Morgan fingerprint density at radius 1 is 0.735 bits per heavy atom. The Hall–Kier alpha value is -5.13. The Balaban J connectivity index is 1.73. The molecule has 0 aliphatic carbocycles. The predicted molar refractivity (Wildman–Crippen MR) is 176 cm³/mol. The van der Waals surface area contributed by atoms with Gasteiger partial charge in [0.25, 0.3) is 20.2 Å². The maximum absolute atomic E-state index is 12.5. The number of nitrogens with two attached hydrogens (primary N) is 1. The summed E-state index contributed by atoms with van der Waals surface area (Å²) in [4.78, 5) is -1.59. The smallest absolute Gasteiger partial charge is 0.296 e. The lowest BCUT2D eigenvalue weighted by Gasteiger charge is -2.14. The number of hydrogen-bond donors (Lipinski definition) is 6. The molecular formula is C28H23N7O11S3. The first kappa shape index (κ1) is 35.2. The molecule has 5 aromatic rings. The Kier molecular flexibility index (Phi) is 9.89. The number of aryl methyl sites for hydroxylation is 1. The summed E-state index contributed by atoms with van der Waals surface area (Å²) in [5, 5.41) is 57.5. The highest BCUT2D eigenvalue weighted by molar-refractivity contribution is 7.94. The van der Waals surface area contributed by atoms with Crippen molar-refractivity contribution in [1.29, 1.82) is 0 Å². The molecule has 254 valence electrons. The van der Waals surface area contributed by atoms with Crippen molar-refractivity contribution in [2.24, 2.45) is 30.7 Å². The Labute approximate surface area is 280 Å². The van der Waals surface area contributed by atoms with Crippen LogP contribution >= 0.6 is 12.0 Å². The quantitative estimate of drug-likeness (QED) is 0.0200. The van der Waals surface area contributed by atoms with E-state index < -0.39 is 47.2 Å². The van der Waals surface area contributed by atoms with E-state index in [0.717, 1.165) is 18.2 Å². The van der Waals surface area contributed by atoms with E-state index in [2.05, 4.69) is 40.1 Å². The standard InChI is InChI=1S/C28H23N7O11S3/c1-13-16-11-22(49(42,43)44)26(34-30-2)27(36)15(16)8-9-18(13)32-33-19-12-21(48(39,40)41)17-10-20(47-46-45-38)25(28(37)23(17)24(19)29)35-31-14-6-4-3-5-7-14/h3-12,36-38H,29H2,1-2H3,(H,39,40,41)(H,42,43,44). The van der Waals surface area contributed by atoms with Crippen LogP contribution in [-0.4, -0.2) is 48.5 Å². The predicted octanol–water partition coefficient (Wildman–Crippen LogP) is 7.76. The summed E-state index contributed by atoms with van der Waals surface area (Å²) in [6, 6.07) is 14.2. The maximum Gasteiger partial charge on any atom is 0.296 e. The number of fused-ring (bicyclic) bond motifs is 2. The number of anilines is 1. The van der Waals surface area contributed by atoms with Gasteiger partial charge in [0.15, 0.2) is 11.5 Å². The minimum Gasteiger partial charge on any atom is -0.505 e. The molecule has 0 heterocycles. The molecule has 0 spiro atoms. The molecule has 5 aromatic carbocycles. The monoisotopic (exact) mass is 729 g/mol. The fourth-order valence-electron chi connectivity index (χ4n) is 4.78. The number of rotatable bonds is 10. The molecule has 18 nitrogen and oxygen atoms in total. The number of nitrogen functional groups attached to an aromatic ring is 1. The molecule has 0 amide bonds. The first-order chi connectivity index (χ1) is 23.2. The summed E-state index contributed by atoms with van der Waals surface area (Å²) in [5.74, 6) is -1.29. The van der Waals surface area contributed by atoms with Crippen LogP contribution in [0.15, 0.2) is 106 Å². The molecule has 0 unspecified atom stereocenters. The van der Waals surface area contributed by atoms with Crippen LogP contribution < -0.4 is 5.73 Å². The second-order valence-electron chi connectivity index (χ2n) is 9.89. The lowest BCUT2D eigenvalue weighted by Crippen LogP contribution is -2.02. The number of nitrogens with zero attached hydrogens (tertiary/aromatic N) is 6. The van der Waals surface area contributed by atoms with Gasteiger partial charge in [0.2, 0.25) is 0 Å². The van der Waals surface area contributed by atoms with Gasteiger partial charge in [-0.2, -0.15) is 37.3 Å². The third kappa shape index (κ3) is 7.04. The van der Waals surface area contributed by atoms with Crippen LogP contribution in [0.25, 0.3) is 21.5 Å². The van der Waals surface area contributed by atoms with Crippen LogP contribution in [0.5, 0.6) is 11.5 Å². The summed E-state index contributed by atoms with van der Waals surface area (Å²) >= 11 is 0.330. The zero-order valence-electron chi connectivity index (χ0n) is 24.9. The first-order valence-electron chi connectivity index (χ1n) is 13.4. The van der Waals surface area contributed by atoms with Crippen molar-refractivity contribution in [3.63, 3.8) is 0 Å². The lowest BCUT2D eigenvalue weighted by molar-refractivity contribution is -0.432. The van der Waals surface area contributed by atoms with E-state index in [1.54, 1.807) is 30.3 Å². The van der Waals surface area contributed by atoms with Crippen molar-refractivity contribution >= 4 is 87.9 Å². The van der Waals surface area contributed by atoms with Crippen molar-refractivity contribution in [3.8, 4) is 11.5 Å². The second kappa shape index (κ2) is 13.8. The molecule has 0 fully saturated rings. The highest BCUT2D eigenvalue weighted by atomic mass is 32.2. The Morgan fingerprint density at radius 2 is 1.41 bits per heavy atom. The van der Waals surface area contributed by atoms with Gasteiger partial charge >= 0.3 is 0 Å². The largest absolute Gasteiger partial charge is 0.505 e. The van der Waals surface area contributed by atoms with E-state index in [1.807, 2.05) is 0 Å². The molecule has 7 N–H and O–H groups in total. The Morgan fingerprint density at radius 3 is 2.04 bits per heavy atom. The summed E-state index contributed by atoms with van der Waals surface area (Å²) in [6.45, 7) is 1.51. The highest BCUT2D eigenvalue weighted by Gasteiger charge is 2.26. The second-order valence-corrected chi connectivity index (χ2v) is 13.4. The highest BCUT2D eigenvalue weighted by Crippen LogP contribution is 2.50. The number of hydrogen-bond acceptors (Lipinski definition) is 17. The average molecular weight is 730 g/mol. The van der Waals surface area contributed by atoms with E-state index in [4.69, 9.17) is 11.0 Å². The van der Waals surface area contributed by atoms with E-state index in [0.29, 0.717) is 17.7 Å². The van der Waals surface area contributed by atoms with E-state index >= 15 is 0 Å². The SMILES string of the molecule is CN=Nc1c(S(=O)(=O)O)cc2c(C)c(N=Nc3cc(S(=O)(=O)O)c4cc(SOOO)c(N=Nc5ccccc5)c(O)c4c3N)ccc2c1O. The van der Waals surface area contributed by atoms with Crippen LogP contribution in [0.4, 0.5) is 34.1 Å². The first-order valence-corrected chi connectivity index (χ1v) is 17.0. The molecule has 0 radical (unpaired) electrons. The summed E-state index contributed by atoms with van der Waals surface area (Å²) in [6.07, 6.45) is 0. The number of phenolic OH excluding ortho intramolecular Hbond substituents is 2. The molecule has 0 aliphatic heterocycles. The molecular weight excluding hydrogens is 707 g/mol. The minimum absolute atomic E-state index is 0.0837. The molecule has 21 heteroatoms. The molecule has 5 rings (SSSR count). The number of azo groups is 3. The summed E-state index contributed by atoms with van der Waals surface area (Å²) in [7, 11) is -8.65. The fourth-order valence-corrected chi connectivity index (χ4v) is 6.62. The normalized spacial score (nSPS) is 12.8. The molecule has 0 saturated carbocycles. The zero-order chi connectivity index (χ0) is 35.7. The summed E-state index contributed by atoms with van der Waals surface area (Å²) in [5.41, 5.74) is 5.67. The van der Waals surface area contributed by atoms with Gasteiger partial charge in [-0.05, 0) is 60.3 Å². The van der Waals surface area contributed by atoms with Crippen LogP contribution in [0.2, 0.25) is 0 Å². The van der Waals surface area contributed by atoms with Gasteiger partial charge in [0.1, 0.15) is 26.9 Å². The minimum atomic E-state index is -5.02. The number of phenols is 2. The maximum atomic E-state index is 12.5.